The van der Waals surface area contributed by atoms with Gasteiger partial charge in [0, 0.05) is 30.6 Å². The van der Waals surface area contributed by atoms with E-state index in [0.29, 0.717) is 23.6 Å². The van der Waals surface area contributed by atoms with Crippen molar-refractivity contribution in [3.05, 3.63) is 64.7 Å². The van der Waals surface area contributed by atoms with Gasteiger partial charge in [0.2, 0.25) is 21.8 Å². The SMILES string of the molecule is CCC(C(=O)NC(C)C)N(Cc1ccc(Cl)cc1)C(=O)CCCN(c1ccc(C)cc1)S(C)(=O)=O. The van der Waals surface area contributed by atoms with Gasteiger partial charge in [-0.05, 0) is 63.4 Å². The largest absolute Gasteiger partial charge is 0.352 e. The van der Waals surface area contributed by atoms with E-state index in [1.807, 2.05) is 52.0 Å². The molecule has 0 radical (unpaired) electrons. The molecular formula is C26H36ClN3O4S. The van der Waals surface area contributed by atoms with Crippen molar-refractivity contribution < 1.29 is 18.0 Å². The summed E-state index contributed by atoms with van der Waals surface area (Å²) >= 11 is 6.00. The zero-order valence-electron chi connectivity index (χ0n) is 21.1. The number of rotatable bonds is 12. The Balaban J connectivity index is 2.20. The second kappa shape index (κ2) is 12.9. The Morgan fingerprint density at radius 2 is 1.63 bits per heavy atom. The third-order valence-electron chi connectivity index (χ3n) is 5.56. The fourth-order valence-corrected chi connectivity index (χ4v) is 4.89. The highest BCUT2D eigenvalue weighted by Gasteiger charge is 2.29. The first kappa shape index (κ1) is 28.7. The maximum atomic E-state index is 13.4. The van der Waals surface area contributed by atoms with Gasteiger partial charge in [0.05, 0.1) is 11.9 Å². The number of carbonyl (C=O) groups excluding carboxylic acids is 2. The Morgan fingerprint density at radius 1 is 1.03 bits per heavy atom. The summed E-state index contributed by atoms with van der Waals surface area (Å²) in [7, 11) is -3.52. The van der Waals surface area contributed by atoms with Crippen LogP contribution >= 0.6 is 11.6 Å². The number of hydrogen-bond donors (Lipinski definition) is 1. The number of halogens is 1. The van der Waals surface area contributed by atoms with Crippen molar-refractivity contribution in [1.29, 1.82) is 0 Å². The van der Waals surface area contributed by atoms with Crippen LogP contribution < -0.4 is 9.62 Å². The number of aryl methyl sites for hydroxylation is 1. The quantitative estimate of drug-likeness (QED) is 0.444. The van der Waals surface area contributed by atoms with Crippen LogP contribution in [0.2, 0.25) is 5.02 Å². The summed E-state index contributed by atoms with van der Waals surface area (Å²) < 4.78 is 26.1. The third-order valence-corrected chi connectivity index (χ3v) is 7.00. The molecule has 2 aromatic rings. The third kappa shape index (κ3) is 8.85. The maximum absolute atomic E-state index is 13.4. The Labute approximate surface area is 214 Å². The highest BCUT2D eigenvalue weighted by Crippen LogP contribution is 2.20. The van der Waals surface area contributed by atoms with E-state index in [2.05, 4.69) is 5.32 Å². The van der Waals surface area contributed by atoms with Gasteiger partial charge in [-0.25, -0.2) is 8.42 Å². The summed E-state index contributed by atoms with van der Waals surface area (Å²) in [5.74, 6) is -0.412. The van der Waals surface area contributed by atoms with Crippen LogP contribution in [0.3, 0.4) is 0 Å². The van der Waals surface area contributed by atoms with Gasteiger partial charge in [0.25, 0.3) is 0 Å². The van der Waals surface area contributed by atoms with Crippen LogP contribution in [0, 0.1) is 6.92 Å². The smallest absolute Gasteiger partial charge is 0.243 e. The van der Waals surface area contributed by atoms with Gasteiger partial charge in [0.15, 0.2) is 0 Å². The lowest BCUT2D eigenvalue weighted by Crippen LogP contribution is -2.50. The highest BCUT2D eigenvalue weighted by molar-refractivity contribution is 7.92. The molecule has 0 saturated carbocycles. The molecule has 0 aliphatic carbocycles. The lowest BCUT2D eigenvalue weighted by atomic mass is 10.1. The number of benzene rings is 2. The first-order chi connectivity index (χ1) is 16.4. The summed E-state index contributed by atoms with van der Waals surface area (Å²) in [6.07, 6.45) is 2.04. The lowest BCUT2D eigenvalue weighted by Gasteiger charge is -2.31. The Bertz CT molecular complexity index is 1090. The molecule has 7 nitrogen and oxygen atoms in total. The Morgan fingerprint density at radius 3 is 2.14 bits per heavy atom. The molecule has 0 fully saturated rings. The molecule has 0 aromatic heterocycles. The topological polar surface area (TPSA) is 86.8 Å². The van der Waals surface area contributed by atoms with E-state index < -0.39 is 16.1 Å². The normalized spacial score (nSPS) is 12.3. The van der Waals surface area contributed by atoms with Gasteiger partial charge in [-0.15, -0.1) is 0 Å². The average Bonchev–Trinajstić information content (AvgIpc) is 2.77. The van der Waals surface area contributed by atoms with E-state index in [4.69, 9.17) is 11.6 Å². The first-order valence-corrected chi connectivity index (χ1v) is 14.0. The van der Waals surface area contributed by atoms with Gasteiger partial charge in [0.1, 0.15) is 6.04 Å². The van der Waals surface area contributed by atoms with Crippen LogP contribution in [0.25, 0.3) is 0 Å². The maximum Gasteiger partial charge on any atom is 0.243 e. The molecule has 0 aliphatic rings. The number of carbonyl (C=O) groups is 2. The summed E-state index contributed by atoms with van der Waals surface area (Å²) in [4.78, 5) is 27.8. The molecule has 1 atom stereocenters. The van der Waals surface area contributed by atoms with Crippen LogP contribution in [-0.4, -0.2) is 50.0 Å². The second-order valence-electron chi connectivity index (χ2n) is 9.01. The van der Waals surface area contributed by atoms with Crippen molar-refractivity contribution >= 4 is 39.1 Å². The summed E-state index contributed by atoms with van der Waals surface area (Å²) in [6, 6.07) is 13.7. The van der Waals surface area contributed by atoms with Crippen LogP contribution in [0.5, 0.6) is 0 Å². The van der Waals surface area contributed by atoms with Crippen LogP contribution in [0.15, 0.2) is 48.5 Å². The van der Waals surface area contributed by atoms with E-state index in [1.54, 1.807) is 29.2 Å². The molecule has 2 aromatic carbocycles. The standard InChI is InChI=1S/C26H36ClN3O4S/c1-6-24(26(32)28-19(2)3)29(18-21-11-13-22(27)14-12-21)25(31)8-7-17-30(35(5,33)34)23-15-9-20(4)10-16-23/h9-16,19,24H,6-8,17-18H2,1-5H3,(H,28,32). The lowest BCUT2D eigenvalue weighted by molar-refractivity contribution is -0.141. The van der Waals surface area contributed by atoms with Crippen molar-refractivity contribution in [1.82, 2.24) is 10.2 Å². The molecule has 9 heteroatoms. The minimum Gasteiger partial charge on any atom is -0.352 e. The van der Waals surface area contributed by atoms with Gasteiger partial charge < -0.3 is 10.2 Å². The molecule has 0 heterocycles. The second-order valence-corrected chi connectivity index (χ2v) is 11.4. The zero-order valence-corrected chi connectivity index (χ0v) is 22.7. The molecular weight excluding hydrogens is 486 g/mol. The Hall–Kier alpha value is -2.58. The van der Waals surface area contributed by atoms with E-state index in [-0.39, 0.29) is 37.4 Å². The molecule has 35 heavy (non-hydrogen) atoms. The van der Waals surface area contributed by atoms with E-state index >= 15 is 0 Å². The van der Waals surface area contributed by atoms with Gasteiger partial charge in [-0.1, -0.05) is 48.4 Å². The van der Waals surface area contributed by atoms with Crippen molar-refractivity contribution in [3.63, 3.8) is 0 Å². The first-order valence-electron chi connectivity index (χ1n) is 11.8. The molecule has 0 bridgehead atoms. The van der Waals surface area contributed by atoms with Gasteiger partial charge in [-0.3, -0.25) is 13.9 Å². The number of anilines is 1. The minimum absolute atomic E-state index is 0.0538. The number of hydrogen-bond acceptors (Lipinski definition) is 4. The van der Waals surface area contributed by atoms with Crippen molar-refractivity contribution in [2.45, 2.75) is 65.6 Å². The fourth-order valence-electron chi connectivity index (χ4n) is 3.80. The molecule has 0 saturated heterocycles. The predicted octanol–water partition coefficient (Wildman–Crippen LogP) is 4.53. The predicted molar refractivity (Wildman–Crippen MR) is 142 cm³/mol. The summed E-state index contributed by atoms with van der Waals surface area (Å²) in [5, 5.41) is 3.49. The zero-order chi connectivity index (χ0) is 26.2. The molecule has 1 unspecified atom stereocenters. The van der Waals surface area contributed by atoms with Crippen LogP contribution in [0.1, 0.15) is 51.2 Å². The van der Waals surface area contributed by atoms with Crippen molar-refractivity contribution in [2.24, 2.45) is 0 Å². The number of sulfonamides is 1. The molecule has 1 N–H and O–H groups in total. The number of amides is 2. The molecule has 192 valence electrons. The summed E-state index contributed by atoms with van der Waals surface area (Å²) in [6.45, 7) is 7.98. The summed E-state index contributed by atoms with van der Waals surface area (Å²) in [5.41, 5.74) is 2.45. The fraction of sp³-hybridized carbons (Fsp3) is 0.462. The van der Waals surface area contributed by atoms with Gasteiger partial charge in [-0.2, -0.15) is 0 Å². The highest BCUT2D eigenvalue weighted by atomic mass is 35.5. The van der Waals surface area contributed by atoms with Crippen LogP contribution in [0.4, 0.5) is 5.69 Å². The van der Waals surface area contributed by atoms with Gasteiger partial charge >= 0.3 is 0 Å². The molecule has 2 rings (SSSR count). The average molecular weight is 522 g/mol. The number of nitrogens with one attached hydrogen (secondary N) is 1. The minimum atomic E-state index is -3.52. The van der Waals surface area contributed by atoms with E-state index in [9.17, 15) is 18.0 Å². The molecule has 2 amide bonds. The monoisotopic (exact) mass is 521 g/mol. The van der Waals surface area contributed by atoms with Crippen molar-refractivity contribution in [2.75, 3.05) is 17.1 Å². The molecule has 0 spiro atoms. The van der Waals surface area contributed by atoms with E-state index in [1.165, 1.54) is 4.31 Å². The number of nitrogens with zero attached hydrogens (tertiary/aromatic N) is 2. The Kier molecular flexibility index (Phi) is 10.6. The van der Waals surface area contributed by atoms with E-state index in [0.717, 1.165) is 17.4 Å². The molecule has 0 aliphatic heterocycles. The van der Waals surface area contributed by atoms with Crippen LogP contribution in [-0.2, 0) is 26.2 Å². The van der Waals surface area contributed by atoms with Crippen molar-refractivity contribution in [3.8, 4) is 0 Å².